The molecule has 0 bridgehead atoms. The van der Waals surface area contributed by atoms with Gasteiger partial charge in [-0.25, -0.2) is 0 Å². The molecular weight excluding hydrogens is 410 g/mol. The zero-order chi connectivity index (χ0) is 23.0. The Kier molecular flexibility index (Phi) is 8.95. The van der Waals surface area contributed by atoms with Gasteiger partial charge in [-0.05, 0) is 19.1 Å². The van der Waals surface area contributed by atoms with E-state index < -0.39 is 54.5 Å². The molecule has 5 atom stereocenters. The SMILES string of the molecule is CCOC1OC(COC(C)=O)C(OC(C)=O)C(OC(C)=O)C1NC(=O)c1ccccc1. The van der Waals surface area contributed by atoms with Gasteiger partial charge in [0.2, 0.25) is 0 Å². The number of nitrogens with one attached hydrogen (secondary N) is 1. The first kappa shape index (κ1) is 24.3. The third-order valence-electron chi connectivity index (χ3n) is 4.37. The van der Waals surface area contributed by atoms with Gasteiger partial charge in [0.05, 0.1) is 0 Å². The highest BCUT2D eigenvalue weighted by Gasteiger charge is 2.51. The van der Waals surface area contributed by atoms with Gasteiger partial charge < -0.3 is 29.0 Å². The molecule has 10 nitrogen and oxygen atoms in total. The van der Waals surface area contributed by atoms with Gasteiger partial charge in [0.25, 0.3) is 5.91 Å². The molecule has 1 aromatic rings. The summed E-state index contributed by atoms with van der Waals surface area (Å²) >= 11 is 0. The predicted octanol–water partition coefficient (Wildman–Crippen LogP) is 0.973. The Balaban J connectivity index is 2.39. The van der Waals surface area contributed by atoms with E-state index in [1.807, 2.05) is 0 Å². The van der Waals surface area contributed by atoms with Crippen LogP contribution < -0.4 is 5.32 Å². The Hall–Kier alpha value is -2.98. The summed E-state index contributed by atoms with van der Waals surface area (Å²) in [6, 6.07) is 7.39. The number of amides is 1. The molecule has 31 heavy (non-hydrogen) atoms. The van der Waals surface area contributed by atoms with Crippen molar-refractivity contribution in [1.29, 1.82) is 0 Å². The molecule has 0 spiro atoms. The van der Waals surface area contributed by atoms with Crippen molar-refractivity contribution in [2.24, 2.45) is 0 Å². The monoisotopic (exact) mass is 437 g/mol. The van der Waals surface area contributed by atoms with Gasteiger partial charge in [-0.15, -0.1) is 0 Å². The van der Waals surface area contributed by atoms with Crippen LogP contribution in [0.1, 0.15) is 38.1 Å². The molecule has 0 radical (unpaired) electrons. The highest BCUT2D eigenvalue weighted by molar-refractivity contribution is 5.94. The largest absolute Gasteiger partial charge is 0.463 e. The van der Waals surface area contributed by atoms with E-state index in [0.717, 1.165) is 0 Å². The second-order valence-corrected chi connectivity index (χ2v) is 6.81. The summed E-state index contributed by atoms with van der Waals surface area (Å²) in [5.74, 6) is -2.36. The molecule has 0 aliphatic carbocycles. The number of hydrogen-bond donors (Lipinski definition) is 1. The van der Waals surface area contributed by atoms with Crippen molar-refractivity contribution in [3.63, 3.8) is 0 Å². The van der Waals surface area contributed by atoms with Crippen LogP contribution in [0.3, 0.4) is 0 Å². The topological polar surface area (TPSA) is 126 Å². The van der Waals surface area contributed by atoms with Gasteiger partial charge in [0, 0.05) is 32.9 Å². The molecule has 2 rings (SSSR count). The summed E-state index contributed by atoms with van der Waals surface area (Å²) in [7, 11) is 0. The first-order chi connectivity index (χ1) is 14.7. The predicted molar refractivity (Wildman–Crippen MR) is 106 cm³/mol. The van der Waals surface area contributed by atoms with Crippen LogP contribution in [0, 0.1) is 0 Å². The van der Waals surface area contributed by atoms with E-state index in [4.69, 9.17) is 23.7 Å². The van der Waals surface area contributed by atoms with Crippen molar-refractivity contribution in [3.05, 3.63) is 35.9 Å². The standard InChI is InChI=1S/C21H27NO9/c1-5-27-21-17(22-20(26)15-9-7-6-8-10-15)19(30-14(4)25)18(29-13(3)24)16(31-21)11-28-12(2)23/h6-10,16-19,21H,5,11H2,1-4H3,(H,22,26). The van der Waals surface area contributed by atoms with Crippen LogP contribution >= 0.6 is 0 Å². The third-order valence-corrected chi connectivity index (χ3v) is 4.37. The van der Waals surface area contributed by atoms with Gasteiger partial charge in [0.15, 0.2) is 18.5 Å². The molecule has 1 fully saturated rings. The fraction of sp³-hybridized carbons (Fsp3) is 0.524. The normalized spacial score (nSPS) is 25.2. The van der Waals surface area contributed by atoms with Crippen LogP contribution in [0.15, 0.2) is 30.3 Å². The first-order valence-corrected chi connectivity index (χ1v) is 9.83. The maximum absolute atomic E-state index is 12.8. The van der Waals surface area contributed by atoms with Crippen LogP contribution in [-0.2, 0) is 38.1 Å². The fourth-order valence-electron chi connectivity index (χ4n) is 3.19. The Labute approximate surface area is 180 Å². The number of esters is 3. The lowest BCUT2D eigenvalue weighted by Gasteiger charge is -2.44. The summed E-state index contributed by atoms with van der Waals surface area (Å²) in [5, 5.41) is 2.75. The second kappa shape index (κ2) is 11.4. The van der Waals surface area contributed by atoms with E-state index in [1.165, 1.54) is 20.8 Å². The number of rotatable bonds is 8. The van der Waals surface area contributed by atoms with Gasteiger partial charge in [-0.3, -0.25) is 19.2 Å². The molecule has 1 N–H and O–H groups in total. The highest BCUT2D eigenvalue weighted by Crippen LogP contribution is 2.28. The maximum atomic E-state index is 12.8. The quantitative estimate of drug-likeness (QED) is 0.467. The molecule has 1 aliphatic heterocycles. The molecule has 1 amide bonds. The van der Waals surface area contributed by atoms with Crippen molar-refractivity contribution in [3.8, 4) is 0 Å². The lowest BCUT2D eigenvalue weighted by molar-refractivity contribution is -0.275. The Morgan fingerprint density at radius 3 is 2.10 bits per heavy atom. The zero-order valence-electron chi connectivity index (χ0n) is 17.9. The van der Waals surface area contributed by atoms with Crippen LogP contribution in [0.5, 0.6) is 0 Å². The number of hydrogen-bond acceptors (Lipinski definition) is 9. The molecule has 1 saturated heterocycles. The van der Waals surface area contributed by atoms with Crippen LogP contribution in [-0.4, -0.2) is 67.7 Å². The minimum absolute atomic E-state index is 0.216. The summed E-state index contributed by atoms with van der Waals surface area (Å²) in [6.45, 7) is 5.25. The average molecular weight is 437 g/mol. The van der Waals surface area contributed by atoms with Gasteiger partial charge in [-0.1, -0.05) is 18.2 Å². The second-order valence-electron chi connectivity index (χ2n) is 6.81. The highest BCUT2D eigenvalue weighted by atomic mass is 16.7. The van der Waals surface area contributed by atoms with E-state index in [9.17, 15) is 19.2 Å². The van der Waals surface area contributed by atoms with Gasteiger partial charge in [-0.2, -0.15) is 0 Å². The lowest BCUT2D eigenvalue weighted by atomic mass is 9.95. The van der Waals surface area contributed by atoms with Crippen molar-refractivity contribution in [1.82, 2.24) is 5.32 Å². The maximum Gasteiger partial charge on any atom is 0.303 e. The number of ether oxygens (including phenoxy) is 5. The zero-order valence-corrected chi connectivity index (χ0v) is 17.9. The van der Waals surface area contributed by atoms with Gasteiger partial charge >= 0.3 is 17.9 Å². The van der Waals surface area contributed by atoms with Crippen molar-refractivity contribution >= 4 is 23.8 Å². The Bertz CT molecular complexity index is 782. The lowest BCUT2D eigenvalue weighted by Crippen LogP contribution is -2.66. The average Bonchev–Trinajstić information content (AvgIpc) is 2.71. The summed E-state index contributed by atoms with van der Waals surface area (Å²) in [4.78, 5) is 47.6. The van der Waals surface area contributed by atoms with Crippen molar-refractivity contribution < 1.29 is 42.9 Å². The summed E-state index contributed by atoms with van der Waals surface area (Å²) in [5.41, 5.74) is 0.366. The number of benzene rings is 1. The van der Waals surface area contributed by atoms with Crippen molar-refractivity contribution in [2.45, 2.75) is 58.3 Å². The fourth-order valence-corrected chi connectivity index (χ4v) is 3.19. The molecule has 0 aromatic heterocycles. The molecule has 1 aliphatic rings. The molecule has 1 heterocycles. The van der Waals surface area contributed by atoms with Crippen LogP contribution in [0.4, 0.5) is 0 Å². The van der Waals surface area contributed by atoms with Crippen LogP contribution in [0.2, 0.25) is 0 Å². The van der Waals surface area contributed by atoms with E-state index in [-0.39, 0.29) is 13.2 Å². The molecule has 170 valence electrons. The van der Waals surface area contributed by atoms with E-state index >= 15 is 0 Å². The first-order valence-electron chi connectivity index (χ1n) is 9.83. The smallest absolute Gasteiger partial charge is 0.303 e. The van der Waals surface area contributed by atoms with E-state index in [0.29, 0.717) is 5.56 Å². The third kappa shape index (κ3) is 7.04. The minimum atomic E-state index is -1.15. The molecular formula is C21H27NO9. The Morgan fingerprint density at radius 2 is 1.55 bits per heavy atom. The molecule has 1 aromatic carbocycles. The summed E-state index contributed by atoms with van der Waals surface area (Å²) in [6.07, 6.45) is -4.36. The van der Waals surface area contributed by atoms with E-state index in [2.05, 4.69) is 5.32 Å². The summed E-state index contributed by atoms with van der Waals surface area (Å²) < 4.78 is 27.3. The van der Waals surface area contributed by atoms with Gasteiger partial charge in [0.1, 0.15) is 18.8 Å². The number of carbonyl (C=O) groups excluding carboxylic acids is 4. The molecule has 10 heteroatoms. The minimum Gasteiger partial charge on any atom is -0.463 e. The molecule has 0 saturated carbocycles. The molecule has 5 unspecified atom stereocenters. The number of carbonyl (C=O) groups is 4. The Morgan fingerprint density at radius 1 is 0.935 bits per heavy atom. The van der Waals surface area contributed by atoms with Crippen LogP contribution in [0.25, 0.3) is 0 Å². The van der Waals surface area contributed by atoms with Crippen molar-refractivity contribution in [2.75, 3.05) is 13.2 Å². The van der Waals surface area contributed by atoms with E-state index in [1.54, 1.807) is 37.3 Å².